The molecular formula is C19H13FN6O5. The molecule has 2 aromatic carbocycles. The van der Waals surface area contributed by atoms with Gasteiger partial charge in [-0.1, -0.05) is 5.10 Å². The molecule has 0 unspecified atom stereocenters. The SMILES string of the molecule is COC(=O)C1=C(C(=O)c2ccc(F)cc2)[C@@H](c2ccc([N+](=O)[O-])cc2)n2nnnc2N1. The largest absolute Gasteiger partial charge is 0.464 e. The molecule has 0 saturated heterocycles. The molecule has 0 radical (unpaired) electrons. The number of carbonyl (C=O) groups excluding carboxylic acids is 2. The van der Waals surface area contributed by atoms with Gasteiger partial charge in [-0.05, 0) is 52.4 Å². The van der Waals surface area contributed by atoms with Crippen molar-refractivity contribution in [3.8, 4) is 0 Å². The summed E-state index contributed by atoms with van der Waals surface area (Å²) in [5.74, 6) is -1.90. The Kier molecular flexibility index (Phi) is 4.95. The predicted octanol–water partition coefficient (Wildman–Crippen LogP) is 2.05. The average Bonchev–Trinajstić information content (AvgIpc) is 3.25. The Hall–Kier alpha value is -4.48. The zero-order valence-electron chi connectivity index (χ0n) is 15.9. The van der Waals surface area contributed by atoms with Crippen LogP contribution >= 0.6 is 0 Å². The van der Waals surface area contributed by atoms with Crippen molar-refractivity contribution in [1.29, 1.82) is 0 Å². The van der Waals surface area contributed by atoms with Crippen molar-refractivity contribution in [2.75, 3.05) is 12.4 Å². The maximum atomic E-state index is 13.4. The van der Waals surface area contributed by atoms with E-state index in [0.717, 1.165) is 19.2 Å². The van der Waals surface area contributed by atoms with E-state index in [1.165, 1.54) is 41.1 Å². The van der Waals surface area contributed by atoms with Gasteiger partial charge in [0, 0.05) is 17.7 Å². The Morgan fingerprint density at radius 1 is 1.16 bits per heavy atom. The number of aromatic nitrogens is 4. The first kappa shape index (κ1) is 19.8. The lowest BCUT2D eigenvalue weighted by molar-refractivity contribution is -0.384. The van der Waals surface area contributed by atoms with Gasteiger partial charge in [-0.3, -0.25) is 14.9 Å². The molecule has 1 aliphatic heterocycles. The highest BCUT2D eigenvalue weighted by atomic mass is 19.1. The number of hydrogen-bond donors (Lipinski definition) is 1. The molecule has 0 spiro atoms. The van der Waals surface area contributed by atoms with E-state index in [0.29, 0.717) is 5.56 Å². The smallest absolute Gasteiger partial charge is 0.355 e. The molecule has 0 bridgehead atoms. The number of nitro benzene ring substituents is 1. The van der Waals surface area contributed by atoms with Crippen molar-refractivity contribution in [1.82, 2.24) is 20.2 Å². The summed E-state index contributed by atoms with van der Waals surface area (Å²) >= 11 is 0. The quantitative estimate of drug-likeness (QED) is 0.282. The third kappa shape index (κ3) is 3.50. The highest BCUT2D eigenvalue weighted by Gasteiger charge is 2.38. The Morgan fingerprint density at radius 2 is 1.84 bits per heavy atom. The molecular weight excluding hydrogens is 411 g/mol. The highest BCUT2D eigenvalue weighted by molar-refractivity contribution is 6.14. The van der Waals surface area contributed by atoms with Crippen LogP contribution in [0.3, 0.4) is 0 Å². The standard InChI is InChI=1S/C19H13FN6O5/c1-31-18(28)15-14(17(27)11-2-6-12(20)7-3-11)16(25-19(21-15)22-23-24-25)10-4-8-13(9-5-10)26(29)30/h2-9,16H,1H3,(H,21,22,24)/t16-/m1/s1. The van der Waals surface area contributed by atoms with E-state index in [2.05, 4.69) is 20.8 Å². The number of allylic oxidation sites excluding steroid dienone is 1. The van der Waals surface area contributed by atoms with Gasteiger partial charge in [-0.2, -0.15) is 4.68 Å². The summed E-state index contributed by atoms with van der Waals surface area (Å²) in [6.45, 7) is 0. The third-order valence-electron chi connectivity index (χ3n) is 4.68. The van der Waals surface area contributed by atoms with Gasteiger partial charge >= 0.3 is 5.97 Å². The van der Waals surface area contributed by atoms with Crippen molar-refractivity contribution in [2.45, 2.75) is 6.04 Å². The molecule has 2 heterocycles. The van der Waals surface area contributed by atoms with Crippen molar-refractivity contribution in [3.05, 3.63) is 86.9 Å². The molecule has 156 valence electrons. The minimum atomic E-state index is -1.00. The molecule has 31 heavy (non-hydrogen) atoms. The minimum Gasteiger partial charge on any atom is -0.464 e. The first-order valence-electron chi connectivity index (χ1n) is 8.82. The number of nitrogens with one attached hydrogen (secondary N) is 1. The van der Waals surface area contributed by atoms with E-state index < -0.39 is 28.5 Å². The van der Waals surface area contributed by atoms with E-state index in [1.807, 2.05) is 0 Å². The molecule has 4 rings (SSSR count). The third-order valence-corrected chi connectivity index (χ3v) is 4.68. The van der Waals surface area contributed by atoms with Gasteiger partial charge in [0.15, 0.2) is 5.78 Å². The molecule has 1 aliphatic rings. The lowest BCUT2D eigenvalue weighted by atomic mass is 9.89. The van der Waals surface area contributed by atoms with Crippen LogP contribution in [0.25, 0.3) is 0 Å². The van der Waals surface area contributed by atoms with Crippen LogP contribution in [0.5, 0.6) is 0 Å². The zero-order chi connectivity index (χ0) is 22.1. The predicted molar refractivity (Wildman–Crippen MR) is 102 cm³/mol. The van der Waals surface area contributed by atoms with Gasteiger partial charge in [0.25, 0.3) is 5.69 Å². The average molecular weight is 424 g/mol. The van der Waals surface area contributed by atoms with Gasteiger partial charge in [-0.15, -0.1) is 0 Å². The number of benzene rings is 2. The number of anilines is 1. The Morgan fingerprint density at radius 3 is 2.45 bits per heavy atom. The maximum Gasteiger partial charge on any atom is 0.355 e. The monoisotopic (exact) mass is 424 g/mol. The normalized spacial score (nSPS) is 15.1. The lowest BCUT2D eigenvalue weighted by Crippen LogP contribution is -2.32. The van der Waals surface area contributed by atoms with Crippen molar-refractivity contribution < 1.29 is 23.6 Å². The topological polar surface area (TPSA) is 142 Å². The molecule has 0 fully saturated rings. The van der Waals surface area contributed by atoms with Crippen LogP contribution in [0.4, 0.5) is 16.0 Å². The van der Waals surface area contributed by atoms with Crippen molar-refractivity contribution in [2.24, 2.45) is 0 Å². The number of Topliss-reactive ketones (excluding diaryl/α,β-unsaturated/α-hetero) is 1. The van der Waals surface area contributed by atoms with Crippen LogP contribution in [0.15, 0.2) is 59.8 Å². The molecule has 1 atom stereocenters. The number of nitrogens with zero attached hydrogens (tertiary/aromatic N) is 5. The Labute approximate surface area is 173 Å². The van der Waals surface area contributed by atoms with Crippen LogP contribution in [-0.4, -0.2) is 44.0 Å². The van der Waals surface area contributed by atoms with E-state index in [-0.39, 0.29) is 28.5 Å². The molecule has 0 saturated carbocycles. The number of esters is 1. The van der Waals surface area contributed by atoms with Gasteiger partial charge in [0.05, 0.1) is 17.6 Å². The maximum absolute atomic E-state index is 13.4. The summed E-state index contributed by atoms with van der Waals surface area (Å²) in [6, 6.07) is 9.19. The first-order valence-corrected chi connectivity index (χ1v) is 8.82. The number of rotatable bonds is 5. The second kappa shape index (κ2) is 7.74. The number of methoxy groups -OCH3 is 1. The summed E-state index contributed by atoms with van der Waals surface area (Å²) < 4.78 is 19.4. The zero-order valence-corrected chi connectivity index (χ0v) is 15.9. The van der Waals surface area contributed by atoms with Crippen LogP contribution < -0.4 is 5.32 Å². The molecule has 1 aromatic heterocycles. The molecule has 11 nitrogen and oxygen atoms in total. The van der Waals surface area contributed by atoms with Crippen LogP contribution in [0, 0.1) is 15.9 Å². The summed E-state index contributed by atoms with van der Waals surface area (Å²) in [7, 11) is 1.15. The van der Waals surface area contributed by atoms with Gasteiger partial charge in [0.2, 0.25) is 5.95 Å². The number of halogens is 1. The number of hydrogen-bond acceptors (Lipinski definition) is 9. The van der Waals surface area contributed by atoms with E-state index >= 15 is 0 Å². The number of carbonyl (C=O) groups is 2. The van der Waals surface area contributed by atoms with Crippen LogP contribution in [0.1, 0.15) is 22.0 Å². The molecule has 0 aliphatic carbocycles. The summed E-state index contributed by atoms with van der Waals surface area (Å²) in [5.41, 5.74) is 0.114. The fourth-order valence-corrected chi connectivity index (χ4v) is 3.23. The fourth-order valence-electron chi connectivity index (χ4n) is 3.23. The highest BCUT2D eigenvalue weighted by Crippen LogP contribution is 2.37. The summed E-state index contributed by atoms with van der Waals surface area (Å²) in [5, 5.41) is 25.0. The van der Waals surface area contributed by atoms with Crippen molar-refractivity contribution >= 4 is 23.4 Å². The second-order valence-electron chi connectivity index (χ2n) is 6.44. The van der Waals surface area contributed by atoms with E-state index in [9.17, 15) is 24.1 Å². The molecule has 12 heteroatoms. The summed E-state index contributed by atoms with van der Waals surface area (Å²) in [6.07, 6.45) is 0. The first-order chi connectivity index (χ1) is 14.9. The number of tetrazole rings is 1. The molecule has 0 amide bonds. The molecule has 3 aromatic rings. The van der Waals surface area contributed by atoms with Crippen LogP contribution in [0.2, 0.25) is 0 Å². The van der Waals surface area contributed by atoms with Crippen LogP contribution in [-0.2, 0) is 9.53 Å². The lowest BCUT2D eigenvalue weighted by Gasteiger charge is -2.28. The molecule has 1 N–H and O–H groups in total. The van der Waals surface area contributed by atoms with E-state index in [4.69, 9.17) is 4.74 Å². The Balaban J connectivity index is 1.92. The number of non-ortho nitro benzene ring substituents is 1. The van der Waals surface area contributed by atoms with Gasteiger partial charge in [0.1, 0.15) is 17.6 Å². The van der Waals surface area contributed by atoms with Gasteiger partial charge in [-0.25, -0.2) is 9.18 Å². The summed E-state index contributed by atoms with van der Waals surface area (Å²) in [4.78, 5) is 36.4. The van der Waals surface area contributed by atoms with Gasteiger partial charge < -0.3 is 10.1 Å². The Bertz CT molecular complexity index is 1220. The number of ketones is 1. The second-order valence-corrected chi connectivity index (χ2v) is 6.44. The minimum absolute atomic E-state index is 0.0629. The number of fused-ring (bicyclic) bond motifs is 1. The van der Waals surface area contributed by atoms with Crippen molar-refractivity contribution in [3.63, 3.8) is 0 Å². The number of ether oxygens (including phenoxy) is 1. The number of nitro groups is 1. The van der Waals surface area contributed by atoms with E-state index in [1.54, 1.807) is 0 Å². The fraction of sp³-hybridized carbons (Fsp3) is 0.105.